The van der Waals surface area contributed by atoms with Gasteiger partial charge in [-0.3, -0.25) is 24.0 Å². The number of carbonyl (C=O) groups is 3. The molecule has 2 aliphatic rings. The van der Waals surface area contributed by atoms with Crippen LogP contribution in [0.4, 0.5) is 23.0 Å². The summed E-state index contributed by atoms with van der Waals surface area (Å²) in [6.07, 6.45) is 2.15. The number of hydrogen-bond acceptors (Lipinski definition) is 15. The number of piperazine rings is 1. The van der Waals surface area contributed by atoms with Crippen molar-refractivity contribution < 1.29 is 37.4 Å². The van der Waals surface area contributed by atoms with Crippen LogP contribution in [0.5, 0.6) is 0 Å². The van der Waals surface area contributed by atoms with Crippen molar-refractivity contribution in [3.63, 3.8) is 0 Å². The average Bonchev–Trinajstić information content (AvgIpc) is 4.11. The molecule has 3 amide bonds. The number of aliphatic hydroxyl groups is 1. The summed E-state index contributed by atoms with van der Waals surface area (Å²) in [5.41, 5.74) is 8.90. The van der Waals surface area contributed by atoms with E-state index in [4.69, 9.17) is 14.6 Å². The van der Waals surface area contributed by atoms with Gasteiger partial charge in [0.05, 0.1) is 72.3 Å². The van der Waals surface area contributed by atoms with Gasteiger partial charge in [-0.25, -0.2) is 22.9 Å². The number of benzene rings is 3. The molecule has 73 heavy (non-hydrogen) atoms. The lowest BCUT2D eigenvalue weighted by Gasteiger charge is -2.36. The first-order chi connectivity index (χ1) is 35.0. The van der Waals surface area contributed by atoms with Crippen molar-refractivity contribution in [1.82, 2.24) is 40.0 Å². The van der Waals surface area contributed by atoms with Crippen molar-refractivity contribution >= 4 is 67.6 Å². The van der Waals surface area contributed by atoms with E-state index in [1.54, 1.807) is 40.2 Å². The van der Waals surface area contributed by atoms with Gasteiger partial charge >= 0.3 is 0 Å². The Morgan fingerprint density at radius 2 is 1.62 bits per heavy atom. The number of amides is 3. The molecule has 5 heterocycles. The molecule has 2 fully saturated rings. The Kier molecular flexibility index (Phi) is 17.1. The van der Waals surface area contributed by atoms with E-state index in [1.807, 2.05) is 87.8 Å². The normalized spacial score (nSPS) is 16.9. The summed E-state index contributed by atoms with van der Waals surface area (Å²) in [4.78, 5) is 56.6. The van der Waals surface area contributed by atoms with Crippen LogP contribution in [-0.4, -0.2) is 151 Å². The van der Waals surface area contributed by atoms with Gasteiger partial charge in [-0.05, 0) is 72.0 Å². The van der Waals surface area contributed by atoms with Gasteiger partial charge in [0.25, 0.3) is 0 Å². The zero-order valence-electron chi connectivity index (χ0n) is 41.9. The molecule has 2 aliphatic heterocycles. The van der Waals surface area contributed by atoms with Gasteiger partial charge in [-0.15, -0.1) is 16.4 Å². The lowest BCUT2D eigenvalue weighted by atomic mass is 9.85. The third-order valence-electron chi connectivity index (χ3n) is 12.8. The van der Waals surface area contributed by atoms with Crippen LogP contribution in [0.3, 0.4) is 0 Å². The third kappa shape index (κ3) is 14.2. The molecule has 21 heteroatoms. The number of aliphatic hydroxyl groups excluding tert-OH is 1. The highest BCUT2D eigenvalue weighted by Crippen LogP contribution is 2.30. The van der Waals surface area contributed by atoms with Gasteiger partial charge in [-0.2, -0.15) is 0 Å². The lowest BCUT2D eigenvalue weighted by molar-refractivity contribution is -0.144. The van der Waals surface area contributed by atoms with Crippen LogP contribution in [0, 0.1) is 12.3 Å². The summed E-state index contributed by atoms with van der Waals surface area (Å²) in [6, 6.07) is 25.3. The standard InChI is InChI=1S/C52H65N11O8S2/c1-35-47(72-34-55-35)37-11-9-36(10-12-37)31-53-49(66)45-30-43(64)33-62(45)50(67)48(52(2,3)4)57-46(65)19-25-70-27-28-71-26-24-60-20-22-61(23-21-60)41-15-13-39(14-16-41)56-51-54-32-42-17-18-44(63(42)58-51)38-7-6-8-40(29-38)59-73(5,68)69/h6-18,29,32,34,43,45,48,59,64H,19-28,30-31,33H2,1-5H3,(H,53,66)(H,56,58)(H,57,65)/t43-,45+,48-/m1/s1. The summed E-state index contributed by atoms with van der Waals surface area (Å²) in [5.74, 6) is -0.694. The van der Waals surface area contributed by atoms with E-state index in [-0.39, 0.29) is 44.4 Å². The average molecular weight is 1040 g/mol. The molecule has 0 saturated carbocycles. The molecule has 0 radical (unpaired) electrons. The second-order valence-corrected chi connectivity index (χ2v) is 22.1. The van der Waals surface area contributed by atoms with Gasteiger partial charge in [0.2, 0.25) is 33.7 Å². The molecule has 6 aromatic rings. The van der Waals surface area contributed by atoms with Gasteiger partial charge < -0.3 is 40.3 Å². The van der Waals surface area contributed by atoms with E-state index in [2.05, 4.69) is 52.6 Å². The SMILES string of the molecule is Cc1ncsc1-c1ccc(CNC(=O)[C@@H]2C[C@@H](O)CN2C(=O)[C@@H](NC(=O)CCOCCOCCN2CCN(c3ccc(Nc4ncc5ccc(-c6cccc(NS(C)(=O)=O)c6)n5n4)cc3)CC2)C(C)(C)C)cc1. The maximum atomic E-state index is 14.0. The van der Waals surface area contributed by atoms with Crippen LogP contribution in [0.15, 0.2) is 96.6 Å². The molecule has 388 valence electrons. The number of carbonyl (C=O) groups excluding carboxylic acids is 3. The zero-order valence-corrected chi connectivity index (χ0v) is 43.5. The van der Waals surface area contributed by atoms with Crippen molar-refractivity contribution in [3.8, 4) is 21.7 Å². The maximum Gasteiger partial charge on any atom is 0.246 e. The molecule has 3 aromatic heterocycles. The number of nitrogens with zero attached hydrogens (tertiary/aromatic N) is 7. The zero-order chi connectivity index (χ0) is 51.7. The Bertz CT molecular complexity index is 2950. The topological polar surface area (TPSA) is 225 Å². The smallest absolute Gasteiger partial charge is 0.246 e. The number of fused-ring (bicyclic) bond motifs is 1. The number of ether oxygens (including phenoxy) is 2. The molecule has 3 aromatic carbocycles. The van der Waals surface area contributed by atoms with E-state index in [1.165, 1.54) is 4.90 Å². The molecule has 0 aliphatic carbocycles. The van der Waals surface area contributed by atoms with Crippen LogP contribution in [0.2, 0.25) is 0 Å². The van der Waals surface area contributed by atoms with Crippen LogP contribution in [-0.2, 0) is 40.4 Å². The summed E-state index contributed by atoms with van der Waals surface area (Å²) >= 11 is 1.58. The van der Waals surface area contributed by atoms with Gasteiger partial charge in [0.15, 0.2) is 0 Å². The van der Waals surface area contributed by atoms with Gasteiger partial charge in [-0.1, -0.05) is 57.2 Å². The van der Waals surface area contributed by atoms with Crippen LogP contribution >= 0.6 is 11.3 Å². The van der Waals surface area contributed by atoms with Crippen LogP contribution in [0.1, 0.15) is 44.9 Å². The molecule has 0 unspecified atom stereocenters. The van der Waals surface area contributed by atoms with Crippen molar-refractivity contribution in [2.45, 2.75) is 65.3 Å². The Balaban J connectivity index is 0.707. The summed E-state index contributed by atoms with van der Waals surface area (Å²) in [7, 11) is -3.42. The molecule has 0 spiro atoms. The monoisotopic (exact) mass is 1040 g/mol. The van der Waals surface area contributed by atoms with E-state index >= 15 is 0 Å². The minimum Gasteiger partial charge on any atom is -0.391 e. The van der Waals surface area contributed by atoms with Crippen molar-refractivity contribution in [1.29, 1.82) is 0 Å². The van der Waals surface area contributed by atoms with Crippen molar-refractivity contribution in [3.05, 3.63) is 108 Å². The number of hydrogen-bond donors (Lipinski definition) is 5. The first-order valence-electron chi connectivity index (χ1n) is 24.5. The Hall–Kier alpha value is -6.49. The number of nitrogens with one attached hydrogen (secondary N) is 4. The van der Waals surface area contributed by atoms with E-state index in [0.29, 0.717) is 31.5 Å². The second-order valence-electron chi connectivity index (χ2n) is 19.5. The Morgan fingerprint density at radius 3 is 2.32 bits per heavy atom. The summed E-state index contributed by atoms with van der Waals surface area (Å²) in [6.45, 7) is 13.5. The predicted molar refractivity (Wildman–Crippen MR) is 283 cm³/mol. The maximum absolute atomic E-state index is 14.0. The number of rotatable bonds is 21. The first-order valence-corrected chi connectivity index (χ1v) is 27.2. The Morgan fingerprint density at radius 1 is 0.877 bits per heavy atom. The fraction of sp³-hybridized carbons (Fsp3) is 0.423. The van der Waals surface area contributed by atoms with Crippen LogP contribution in [0.25, 0.3) is 27.2 Å². The largest absolute Gasteiger partial charge is 0.391 e. The molecular formula is C52H65N11O8S2. The number of aryl methyl sites for hydroxylation is 1. The number of sulfonamides is 1. The quantitative estimate of drug-likeness (QED) is 0.0578. The number of aromatic nitrogens is 4. The second kappa shape index (κ2) is 23.6. The van der Waals surface area contributed by atoms with E-state index in [9.17, 15) is 27.9 Å². The highest BCUT2D eigenvalue weighted by Gasteiger charge is 2.44. The number of likely N-dealkylation sites (tertiary alicyclic amines) is 1. The highest BCUT2D eigenvalue weighted by molar-refractivity contribution is 7.92. The fourth-order valence-corrected chi connectivity index (χ4v) is 10.3. The number of thiazole rings is 1. The molecule has 5 N–H and O–H groups in total. The first kappa shape index (κ1) is 52.8. The van der Waals surface area contributed by atoms with Crippen LogP contribution < -0.4 is 25.6 Å². The summed E-state index contributed by atoms with van der Waals surface area (Å²) < 4.78 is 39.4. The molecule has 19 nitrogen and oxygen atoms in total. The molecular weight excluding hydrogens is 971 g/mol. The highest BCUT2D eigenvalue weighted by atomic mass is 32.2. The molecule has 8 rings (SSSR count). The van der Waals surface area contributed by atoms with Gasteiger partial charge in [0.1, 0.15) is 12.1 Å². The predicted octanol–water partition coefficient (Wildman–Crippen LogP) is 5.30. The van der Waals surface area contributed by atoms with E-state index < -0.39 is 39.5 Å². The van der Waals surface area contributed by atoms with E-state index in [0.717, 1.165) is 88.8 Å². The summed E-state index contributed by atoms with van der Waals surface area (Å²) in [5, 5.41) is 24.4. The molecule has 2 saturated heterocycles. The lowest BCUT2D eigenvalue weighted by Crippen LogP contribution is -2.57. The fourth-order valence-electron chi connectivity index (χ4n) is 8.94. The number of β-amino-alcohol motifs (C(OH)–C–C–N with tert-alkyl or cyclic N) is 1. The Labute approximate surface area is 430 Å². The molecule has 3 atom stereocenters. The minimum absolute atomic E-state index is 0.000111. The molecule has 0 bridgehead atoms. The number of anilines is 4. The third-order valence-corrected chi connectivity index (χ3v) is 14.4. The van der Waals surface area contributed by atoms with Crippen molar-refractivity contribution in [2.24, 2.45) is 5.41 Å². The van der Waals surface area contributed by atoms with Gasteiger partial charge in [0, 0.05) is 81.3 Å². The minimum atomic E-state index is -3.42. The van der Waals surface area contributed by atoms with Crippen molar-refractivity contribution in [2.75, 3.05) is 86.9 Å².